The fourth-order valence-corrected chi connectivity index (χ4v) is 1.77. The zero-order valence-electron chi connectivity index (χ0n) is 10.5. The fraction of sp³-hybridized carbons (Fsp3) is 0.500. The van der Waals surface area contributed by atoms with Crippen LogP contribution in [0.1, 0.15) is 49.9 Å². The van der Waals surface area contributed by atoms with Crippen molar-refractivity contribution in [2.45, 2.75) is 45.6 Å². The van der Waals surface area contributed by atoms with Crippen LogP contribution in [0.2, 0.25) is 0 Å². The van der Waals surface area contributed by atoms with E-state index in [1.54, 1.807) is 24.3 Å². The molecule has 0 unspecified atom stereocenters. The van der Waals surface area contributed by atoms with E-state index in [1.807, 2.05) is 0 Å². The highest BCUT2D eigenvalue weighted by Crippen LogP contribution is 2.18. The molecule has 1 aromatic carbocycles. The van der Waals surface area contributed by atoms with Gasteiger partial charge < -0.3 is 9.84 Å². The number of aromatic carboxylic acids is 1. The number of ether oxygens (including phenoxy) is 1. The van der Waals surface area contributed by atoms with Crippen LogP contribution in [0, 0.1) is 0 Å². The summed E-state index contributed by atoms with van der Waals surface area (Å²) in [4.78, 5) is 10.7. The first-order chi connectivity index (χ1) is 8.17. The number of carboxylic acid groups (broad SMARTS) is 1. The van der Waals surface area contributed by atoms with Crippen LogP contribution in [0.3, 0.4) is 0 Å². The van der Waals surface area contributed by atoms with E-state index >= 15 is 0 Å². The number of rotatable bonds is 7. The largest absolute Gasteiger partial charge is 0.490 e. The molecule has 1 N–H and O–H groups in total. The van der Waals surface area contributed by atoms with Gasteiger partial charge in [0.05, 0.1) is 11.7 Å². The van der Waals surface area contributed by atoms with Crippen LogP contribution < -0.4 is 4.74 Å². The van der Waals surface area contributed by atoms with Crippen LogP contribution >= 0.6 is 0 Å². The summed E-state index contributed by atoms with van der Waals surface area (Å²) < 4.78 is 5.84. The Morgan fingerprint density at radius 2 is 1.71 bits per heavy atom. The average Bonchev–Trinajstić information content (AvgIpc) is 2.30. The number of hydrogen-bond acceptors (Lipinski definition) is 2. The highest BCUT2D eigenvalue weighted by Gasteiger charge is 2.09. The predicted octanol–water partition coefficient (Wildman–Crippen LogP) is 3.73. The Morgan fingerprint density at radius 3 is 2.12 bits per heavy atom. The van der Waals surface area contributed by atoms with Crippen molar-refractivity contribution in [3.05, 3.63) is 29.8 Å². The maximum Gasteiger partial charge on any atom is 0.335 e. The molecule has 0 aromatic heterocycles. The minimum Gasteiger partial charge on any atom is -0.490 e. The van der Waals surface area contributed by atoms with Gasteiger partial charge in [0.2, 0.25) is 0 Å². The summed E-state index contributed by atoms with van der Waals surface area (Å²) in [5, 5.41) is 8.79. The summed E-state index contributed by atoms with van der Waals surface area (Å²) >= 11 is 0. The molecule has 0 atom stereocenters. The Labute approximate surface area is 102 Å². The molecule has 0 aliphatic carbocycles. The van der Waals surface area contributed by atoms with Crippen molar-refractivity contribution in [1.29, 1.82) is 0 Å². The van der Waals surface area contributed by atoms with Crippen LogP contribution in [-0.4, -0.2) is 17.2 Å². The second-order valence-electron chi connectivity index (χ2n) is 4.15. The van der Waals surface area contributed by atoms with Gasteiger partial charge in [0.15, 0.2) is 0 Å². The summed E-state index contributed by atoms with van der Waals surface area (Å²) in [5.41, 5.74) is 0.292. The molecule has 17 heavy (non-hydrogen) atoms. The number of benzene rings is 1. The van der Waals surface area contributed by atoms with E-state index in [2.05, 4.69) is 13.8 Å². The van der Waals surface area contributed by atoms with E-state index < -0.39 is 5.97 Å². The average molecular weight is 236 g/mol. The molecular weight excluding hydrogens is 216 g/mol. The molecule has 1 rings (SSSR count). The van der Waals surface area contributed by atoms with Gasteiger partial charge in [-0.2, -0.15) is 0 Å². The van der Waals surface area contributed by atoms with Crippen molar-refractivity contribution in [2.75, 3.05) is 0 Å². The maximum absolute atomic E-state index is 10.7. The van der Waals surface area contributed by atoms with Gasteiger partial charge in [-0.15, -0.1) is 0 Å². The summed E-state index contributed by atoms with van der Waals surface area (Å²) in [6.07, 6.45) is 4.50. The van der Waals surface area contributed by atoms with Crippen molar-refractivity contribution < 1.29 is 14.6 Å². The quantitative estimate of drug-likeness (QED) is 0.784. The molecule has 0 heterocycles. The molecule has 0 aliphatic rings. The molecule has 0 radical (unpaired) electrons. The first-order valence-electron chi connectivity index (χ1n) is 6.17. The lowest BCUT2D eigenvalue weighted by Crippen LogP contribution is -2.15. The van der Waals surface area contributed by atoms with Crippen LogP contribution in [0.15, 0.2) is 24.3 Å². The van der Waals surface area contributed by atoms with Crippen LogP contribution in [0.5, 0.6) is 5.75 Å². The van der Waals surface area contributed by atoms with Crippen molar-refractivity contribution in [1.82, 2.24) is 0 Å². The first kappa shape index (κ1) is 13.6. The third-order valence-electron chi connectivity index (χ3n) is 2.63. The summed E-state index contributed by atoms with van der Waals surface area (Å²) in [5.74, 6) is -0.155. The SMILES string of the molecule is CCCC(CCC)Oc1ccc(C(=O)O)cc1. The lowest BCUT2D eigenvalue weighted by molar-refractivity contribution is 0.0697. The Balaban J connectivity index is 2.62. The molecule has 0 fully saturated rings. The Morgan fingerprint density at radius 1 is 1.18 bits per heavy atom. The van der Waals surface area contributed by atoms with Gasteiger partial charge in [-0.05, 0) is 37.1 Å². The number of carboxylic acids is 1. The van der Waals surface area contributed by atoms with E-state index in [0.29, 0.717) is 5.56 Å². The Hall–Kier alpha value is -1.51. The molecule has 0 saturated heterocycles. The molecule has 3 heteroatoms. The predicted molar refractivity (Wildman–Crippen MR) is 67.6 cm³/mol. The van der Waals surface area contributed by atoms with E-state index in [4.69, 9.17) is 9.84 Å². The van der Waals surface area contributed by atoms with Crippen molar-refractivity contribution >= 4 is 5.97 Å². The van der Waals surface area contributed by atoms with Crippen LogP contribution in [0.4, 0.5) is 0 Å². The minimum absolute atomic E-state index is 0.237. The summed E-state index contributed by atoms with van der Waals surface area (Å²) in [6, 6.07) is 6.60. The van der Waals surface area contributed by atoms with E-state index in [1.165, 1.54) is 0 Å². The van der Waals surface area contributed by atoms with Gasteiger partial charge in [-0.1, -0.05) is 26.7 Å². The second kappa shape index (κ2) is 6.94. The highest BCUT2D eigenvalue weighted by molar-refractivity contribution is 5.87. The molecule has 94 valence electrons. The number of carbonyl (C=O) groups is 1. The molecule has 0 spiro atoms. The topological polar surface area (TPSA) is 46.5 Å². The van der Waals surface area contributed by atoms with Crippen LogP contribution in [-0.2, 0) is 0 Å². The van der Waals surface area contributed by atoms with Gasteiger partial charge in [0.1, 0.15) is 5.75 Å². The molecule has 1 aromatic rings. The molecule has 0 saturated carbocycles. The Kier molecular flexibility index (Phi) is 5.53. The molecule has 0 amide bonds. The van der Waals surface area contributed by atoms with E-state index in [9.17, 15) is 4.79 Å². The first-order valence-corrected chi connectivity index (χ1v) is 6.17. The Bertz CT molecular complexity index is 337. The smallest absolute Gasteiger partial charge is 0.335 e. The molecule has 3 nitrogen and oxygen atoms in total. The lowest BCUT2D eigenvalue weighted by Gasteiger charge is -2.17. The third-order valence-corrected chi connectivity index (χ3v) is 2.63. The zero-order valence-corrected chi connectivity index (χ0v) is 10.5. The van der Waals surface area contributed by atoms with Gasteiger partial charge in [0.25, 0.3) is 0 Å². The van der Waals surface area contributed by atoms with Gasteiger partial charge >= 0.3 is 5.97 Å². The molecule has 0 bridgehead atoms. The third kappa shape index (κ3) is 4.47. The van der Waals surface area contributed by atoms with Gasteiger partial charge in [-0.3, -0.25) is 0 Å². The standard InChI is InChI=1S/C14H20O3/c1-3-5-12(6-4-2)17-13-9-7-11(8-10-13)14(15)16/h7-10,12H,3-6H2,1-2H3,(H,15,16). The number of hydrogen-bond donors (Lipinski definition) is 1. The summed E-state index contributed by atoms with van der Waals surface area (Å²) in [6.45, 7) is 4.28. The normalized spacial score (nSPS) is 10.5. The monoisotopic (exact) mass is 236 g/mol. The van der Waals surface area contributed by atoms with Gasteiger partial charge in [-0.25, -0.2) is 4.79 Å². The fourth-order valence-electron chi connectivity index (χ4n) is 1.77. The van der Waals surface area contributed by atoms with Crippen LogP contribution in [0.25, 0.3) is 0 Å². The van der Waals surface area contributed by atoms with Gasteiger partial charge in [0, 0.05) is 0 Å². The summed E-state index contributed by atoms with van der Waals surface area (Å²) in [7, 11) is 0. The molecule has 0 aliphatic heterocycles. The zero-order chi connectivity index (χ0) is 12.7. The second-order valence-corrected chi connectivity index (χ2v) is 4.15. The van der Waals surface area contributed by atoms with E-state index in [0.717, 1.165) is 31.4 Å². The van der Waals surface area contributed by atoms with Crippen molar-refractivity contribution in [3.8, 4) is 5.75 Å². The minimum atomic E-state index is -0.907. The molecular formula is C14H20O3. The highest BCUT2D eigenvalue weighted by atomic mass is 16.5. The van der Waals surface area contributed by atoms with Crippen molar-refractivity contribution in [3.63, 3.8) is 0 Å². The van der Waals surface area contributed by atoms with E-state index in [-0.39, 0.29) is 6.10 Å². The van der Waals surface area contributed by atoms with Crippen molar-refractivity contribution in [2.24, 2.45) is 0 Å². The lowest BCUT2D eigenvalue weighted by atomic mass is 10.1. The maximum atomic E-state index is 10.7.